The molecule has 28 heavy (non-hydrogen) atoms. The molecule has 2 aliphatic heterocycles. The molecule has 6 nitrogen and oxygen atoms in total. The molecule has 1 fully saturated rings. The first kappa shape index (κ1) is 18.7. The maximum atomic E-state index is 12.7. The van der Waals surface area contributed by atoms with Gasteiger partial charge in [-0.3, -0.25) is 19.3 Å². The van der Waals surface area contributed by atoms with E-state index < -0.39 is 0 Å². The van der Waals surface area contributed by atoms with Gasteiger partial charge in [-0.05, 0) is 42.7 Å². The van der Waals surface area contributed by atoms with Crippen molar-refractivity contribution in [2.24, 2.45) is 0 Å². The Balaban J connectivity index is 1.47. The van der Waals surface area contributed by atoms with E-state index in [-0.39, 0.29) is 36.8 Å². The average Bonchev–Trinajstić information content (AvgIpc) is 3.27. The van der Waals surface area contributed by atoms with Crippen LogP contribution in [-0.4, -0.2) is 41.9 Å². The van der Waals surface area contributed by atoms with Crippen LogP contribution in [0.4, 0.5) is 5.69 Å². The number of carbonyl (C=O) groups is 3. The van der Waals surface area contributed by atoms with Gasteiger partial charge in [0.25, 0.3) is 11.8 Å². The van der Waals surface area contributed by atoms with Gasteiger partial charge < -0.3 is 10.1 Å². The number of benzene rings is 2. The molecule has 0 saturated carbocycles. The van der Waals surface area contributed by atoms with Crippen LogP contribution in [0, 0.1) is 0 Å². The van der Waals surface area contributed by atoms with Gasteiger partial charge in [0.1, 0.15) is 0 Å². The Kier molecular flexibility index (Phi) is 5.15. The number of hydrogen-bond acceptors (Lipinski definition) is 4. The molecule has 1 atom stereocenters. The van der Waals surface area contributed by atoms with Crippen LogP contribution in [0.25, 0.3) is 0 Å². The fourth-order valence-corrected chi connectivity index (χ4v) is 3.75. The van der Waals surface area contributed by atoms with Crippen molar-refractivity contribution in [3.63, 3.8) is 0 Å². The molecule has 7 heteroatoms. The Morgan fingerprint density at radius 2 is 1.93 bits per heavy atom. The average molecular weight is 399 g/mol. The SMILES string of the molecule is O=C(Cc1ccccc1Cl)Nc1ccc2c(c1)C(=O)N(C[C@@H]1CCCO1)C2=O. The molecule has 0 spiro atoms. The fourth-order valence-electron chi connectivity index (χ4n) is 3.55. The van der Waals surface area contributed by atoms with Crippen LogP contribution in [0.1, 0.15) is 39.1 Å². The van der Waals surface area contributed by atoms with E-state index in [9.17, 15) is 14.4 Å². The Labute approximate surface area is 167 Å². The number of amides is 3. The number of fused-ring (bicyclic) bond motifs is 1. The van der Waals surface area contributed by atoms with Gasteiger partial charge in [-0.1, -0.05) is 29.8 Å². The van der Waals surface area contributed by atoms with Gasteiger partial charge in [0, 0.05) is 17.3 Å². The molecule has 2 heterocycles. The zero-order valence-corrected chi connectivity index (χ0v) is 15.9. The van der Waals surface area contributed by atoms with E-state index in [1.54, 1.807) is 36.4 Å². The van der Waals surface area contributed by atoms with E-state index in [0.717, 1.165) is 18.4 Å². The Bertz CT molecular complexity index is 953. The minimum absolute atomic E-state index is 0.1000. The molecule has 0 bridgehead atoms. The maximum Gasteiger partial charge on any atom is 0.261 e. The lowest BCUT2D eigenvalue weighted by molar-refractivity contribution is -0.115. The normalized spacial score (nSPS) is 18.5. The molecule has 0 aromatic heterocycles. The molecular formula is C21H19ClN2O4. The van der Waals surface area contributed by atoms with Crippen molar-refractivity contribution in [2.75, 3.05) is 18.5 Å². The molecule has 2 aromatic rings. The van der Waals surface area contributed by atoms with Crippen molar-refractivity contribution in [1.82, 2.24) is 4.90 Å². The third-order valence-electron chi connectivity index (χ3n) is 4.97. The molecule has 1 saturated heterocycles. The molecule has 144 valence electrons. The quantitative estimate of drug-likeness (QED) is 0.784. The molecule has 0 unspecified atom stereocenters. The van der Waals surface area contributed by atoms with Crippen LogP contribution in [-0.2, 0) is 16.0 Å². The van der Waals surface area contributed by atoms with Gasteiger partial charge in [-0.15, -0.1) is 0 Å². The number of ether oxygens (including phenoxy) is 1. The van der Waals surface area contributed by atoms with E-state index in [1.807, 2.05) is 6.07 Å². The molecule has 3 amide bonds. The first-order valence-corrected chi connectivity index (χ1v) is 9.56. The van der Waals surface area contributed by atoms with Crippen LogP contribution in [0.5, 0.6) is 0 Å². The summed E-state index contributed by atoms with van der Waals surface area (Å²) in [6, 6.07) is 11.9. The van der Waals surface area contributed by atoms with Crippen molar-refractivity contribution in [1.29, 1.82) is 0 Å². The van der Waals surface area contributed by atoms with Crippen molar-refractivity contribution in [2.45, 2.75) is 25.4 Å². The number of rotatable bonds is 5. The Morgan fingerprint density at radius 3 is 2.68 bits per heavy atom. The summed E-state index contributed by atoms with van der Waals surface area (Å²) >= 11 is 6.09. The predicted molar refractivity (Wildman–Crippen MR) is 105 cm³/mol. The highest BCUT2D eigenvalue weighted by Gasteiger charge is 2.37. The van der Waals surface area contributed by atoms with Crippen LogP contribution >= 0.6 is 11.6 Å². The van der Waals surface area contributed by atoms with Gasteiger partial charge in [0.05, 0.1) is 30.2 Å². The van der Waals surface area contributed by atoms with E-state index in [1.165, 1.54) is 4.90 Å². The van der Waals surface area contributed by atoms with Gasteiger partial charge in [-0.25, -0.2) is 0 Å². The number of nitrogens with zero attached hydrogens (tertiary/aromatic N) is 1. The van der Waals surface area contributed by atoms with Gasteiger partial charge in [-0.2, -0.15) is 0 Å². The second-order valence-electron chi connectivity index (χ2n) is 6.93. The first-order chi connectivity index (χ1) is 13.5. The summed E-state index contributed by atoms with van der Waals surface area (Å²) in [4.78, 5) is 38.8. The van der Waals surface area contributed by atoms with Gasteiger partial charge in [0.15, 0.2) is 0 Å². The number of anilines is 1. The Hall–Kier alpha value is -2.70. The van der Waals surface area contributed by atoms with Crippen molar-refractivity contribution in [3.8, 4) is 0 Å². The monoisotopic (exact) mass is 398 g/mol. The zero-order chi connectivity index (χ0) is 19.7. The second-order valence-corrected chi connectivity index (χ2v) is 7.34. The molecule has 4 rings (SSSR count). The van der Waals surface area contributed by atoms with Gasteiger partial charge in [0.2, 0.25) is 5.91 Å². The highest BCUT2D eigenvalue weighted by atomic mass is 35.5. The third-order valence-corrected chi connectivity index (χ3v) is 5.34. The van der Waals surface area contributed by atoms with Crippen LogP contribution < -0.4 is 5.32 Å². The molecule has 0 radical (unpaired) electrons. The van der Waals surface area contributed by atoms with Gasteiger partial charge >= 0.3 is 0 Å². The number of carbonyl (C=O) groups excluding carboxylic acids is 3. The molecular weight excluding hydrogens is 380 g/mol. The number of nitrogens with one attached hydrogen (secondary N) is 1. The zero-order valence-electron chi connectivity index (χ0n) is 15.1. The summed E-state index contributed by atoms with van der Waals surface area (Å²) in [5, 5.41) is 3.29. The Morgan fingerprint density at radius 1 is 1.14 bits per heavy atom. The number of halogens is 1. The summed E-state index contributed by atoms with van der Waals surface area (Å²) in [7, 11) is 0. The first-order valence-electron chi connectivity index (χ1n) is 9.18. The van der Waals surface area contributed by atoms with E-state index in [4.69, 9.17) is 16.3 Å². The van der Waals surface area contributed by atoms with E-state index >= 15 is 0 Å². The topological polar surface area (TPSA) is 75.7 Å². The van der Waals surface area contributed by atoms with Crippen molar-refractivity contribution in [3.05, 3.63) is 64.2 Å². The summed E-state index contributed by atoms with van der Waals surface area (Å²) in [5.41, 5.74) is 1.85. The van der Waals surface area contributed by atoms with E-state index in [0.29, 0.717) is 28.4 Å². The molecule has 2 aromatic carbocycles. The largest absolute Gasteiger partial charge is 0.376 e. The lowest BCUT2D eigenvalue weighted by Gasteiger charge is -2.17. The molecule has 2 aliphatic rings. The molecule has 0 aliphatic carbocycles. The van der Waals surface area contributed by atoms with Crippen LogP contribution in [0.15, 0.2) is 42.5 Å². The summed E-state index contributed by atoms with van der Waals surface area (Å²) in [6.45, 7) is 0.927. The fraction of sp³-hybridized carbons (Fsp3) is 0.286. The highest BCUT2D eigenvalue weighted by Crippen LogP contribution is 2.27. The summed E-state index contributed by atoms with van der Waals surface area (Å²) in [6.07, 6.45) is 1.80. The van der Waals surface area contributed by atoms with Crippen LogP contribution in [0.3, 0.4) is 0 Å². The standard InChI is InChI=1S/C21H19ClN2O4/c22-18-6-2-1-4-13(18)10-19(25)23-14-7-8-16-17(11-14)21(27)24(20(16)26)12-15-5-3-9-28-15/h1-2,4,6-8,11,15H,3,5,9-10,12H2,(H,23,25)/t15-/m0/s1. The van der Waals surface area contributed by atoms with E-state index in [2.05, 4.69) is 5.32 Å². The number of hydrogen-bond donors (Lipinski definition) is 1. The smallest absolute Gasteiger partial charge is 0.261 e. The lowest BCUT2D eigenvalue weighted by atomic mass is 10.1. The summed E-state index contributed by atoms with van der Waals surface area (Å²) < 4.78 is 5.54. The number of imide groups is 1. The molecule has 1 N–H and O–H groups in total. The van der Waals surface area contributed by atoms with Crippen LogP contribution in [0.2, 0.25) is 5.02 Å². The second kappa shape index (κ2) is 7.73. The minimum atomic E-state index is -0.349. The van der Waals surface area contributed by atoms with Crippen molar-refractivity contribution < 1.29 is 19.1 Å². The summed E-state index contributed by atoms with van der Waals surface area (Å²) in [5.74, 6) is -0.914. The maximum absolute atomic E-state index is 12.7. The lowest BCUT2D eigenvalue weighted by Crippen LogP contribution is -2.36. The minimum Gasteiger partial charge on any atom is -0.376 e. The highest BCUT2D eigenvalue weighted by molar-refractivity contribution is 6.31. The van der Waals surface area contributed by atoms with Crippen molar-refractivity contribution >= 4 is 35.0 Å². The predicted octanol–water partition coefficient (Wildman–Crippen LogP) is 3.30. The third kappa shape index (κ3) is 3.66.